The van der Waals surface area contributed by atoms with E-state index in [2.05, 4.69) is 27.0 Å². The Morgan fingerprint density at radius 1 is 1.33 bits per heavy atom. The fourth-order valence-electron chi connectivity index (χ4n) is 1.86. The van der Waals surface area contributed by atoms with Crippen LogP contribution in [0.25, 0.3) is 0 Å². The molecular weight excluding hydrogens is 186 g/mol. The Kier molecular flexibility index (Phi) is 3.53. The van der Waals surface area contributed by atoms with E-state index in [9.17, 15) is 0 Å². The molecule has 1 atom stereocenters. The van der Waals surface area contributed by atoms with Gasteiger partial charge in [-0.05, 0) is 19.9 Å². The molecule has 0 radical (unpaired) electrons. The summed E-state index contributed by atoms with van der Waals surface area (Å²) in [6, 6.07) is 8.11. The molecule has 0 bridgehead atoms. The van der Waals surface area contributed by atoms with Gasteiger partial charge in [-0.2, -0.15) is 0 Å². The molecule has 0 aliphatic carbocycles. The zero-order valence-corrected chi connectivity index (χ0v) is 9.49. The summed E-state index contributed by atoms with van der Waals surface area (Å²) in [6.07, 6.45) is 0.879. The summed E-state index contributed by atoms with van der Waals surface area (Å²) in [5.74, 6) is 0.936. The third kappa shape index (κ3) is 2.60. The Morgan fingerprint density at radius 3 is 2.60 bits per heavy atom. The van der Waals surface area contributed by atoms with Crippen LogP contribution in [0.4, 0.5) is 0 Å². The molecular formula is C13H19NO. The van der Waals surface area contributed by atoms with Crippen molar-refractivity contribution in [3.63, 3.8) is 0 Å². The molecule has 1 aromatic carbocycles. The summed E-state index contributed by atoms with van der Waals surface area (Å²) in [6.45, 7) is 10.1. The van der Waals surface area contributed by atoms with Crippen LogP contribution in [-0.4, -0.2) is 5.60 Å². The number of rotatable bonds is 0. The van der Waals surface area contributed by atoms with Gasteiger partial charge in [-0.25, -0.2) is 0 Å². The van der Waals surface area contributed by atoms with Crippen molar-refractivity contribution in [1.82, 2.24) is 0 Å². The van der Waals surface area contributed by atoms with E-state index in [4.69, 9.17) is 10.5 Å². The van der Waals surface area contributed by atoms with Gasteiger partial charge in [0.05, 0.1) is 0 Å². The normalized spacial score (nSPS) is 21.7. The molecule has 2 nitrogen and oxygen atoms in total. The number of hydrogen-bond acceptors (Lipinski definition) is 2. The molecule has 15 heavy (non-hydrogen) atoms. The topological polar surface area (TPSA) is 35.2 Å². The minimum Gasteiger partial charge on any atom is -0.487 e. The van der Waals surface area contributed by atoms with Gasteiger partial charge in [-0.15, -0.1) is 13.2 Å². The van der Waals surface area contributed by atoms with Crippen LogP contribution in [-0.2, 0) is 0 Å². The first-order chi connectivity index (χ1) is 7.08. The highest BCUT2D eigenvalue weighted by Crippen LogP contribution is 2.37. The fourth-order valence-corrected chi connectivity index (χ4v) is 1.86. The van der Waals surface area contributed by atoms with Gasteiger partial charge in [0.2, 0.25) is 0 Å². The Bertz CT molecular complexity index is 333. The van der Waals surface area contributed by atoms with Gasteiger partial charge in [0.1, 0.15) is 11.4 Å². The Balaban J connectivity index is 0.000000531. The van der Waals surface area contributed by atoms with Crippen LogP contribution in [0.1, 0.15) is 31.9 Å². The molecule has 0 fully saturated rings. The Morgan fingerprint density at radius 2 is 1.93 bits per heavy atom. The molecule has 0 saturated carbocycles. The second-order valence-corrected chi connectivity index (χ2v) is 4.21. The molecule has 1 heterocycles. The highest BCUT2D eigenvalue weighted by atomic mass is 16.5. The SMILES string of the molecule is C=C.CC1(C)C[C@H](N)c2ccccc2O1. The minimum atomic E-state index is -0.131. The van der Waals surface area contributed by atoms with Crippen molar-refractivity contribution in [2.24, 2.45) is 5.73 Å². The van der Waals surface area contributed by atoms with E-state index in [1.165, 1.54) is 0 Å². The molecule has 2 rings (SSSR count). The quantitative estimate of drug-likeness (QED) is 0.661. The van der Waals surface area contributed by atoms with Crippen molar-refractivity contribution in [2.75, 3.05) is 0 Å². The van der Waals surface area contributed by atoms with Crippen molar-refractivity contribution in [3.05, 3.63) is 43.0 Å². The molecule has 1 aromatic rings. The lowest BCUT2D eigenvalue weighted by atomic mass is 9.90. The number of benzene rings is 1. The van der Waals surface area contributed by atoms with E-state index >= 15 is 0 Å². The second-order valence-electron chi connectivity index (χ2n) is 4.21. The first-order valence-electron chi connectivity index (χ1n) is 5.12. The summed E-state index contributed by atoms with van der Waals surface area (Å²) >= 11 is 0. The number of ether oxygens (including phenoxy) is 1. The molecule has 82 valence electrons. The average molecular weight is 205 g/mol. The largest absolute Gasteiger partial charge is 0.487 e. The third-order valence-electron chi connectivity index (χ3n) is 2.42. The van der Waals surface area contributed by atoms with Gasteiger partial charge in [0.25, 0.3) is 0 Å². The zero-order valence-electron chi connectivity index (χ0n) is 9.49. The van der Waals surface area contributed by atoms with Gasteiger partial charge in [-0.1, -0.05) is 18.2 Å². The molecule has 0 amide bonds. The predicted molar refractivity (Wildman–Crippen MR) is 63.9 cm³/mol. The predicted octanol–water partition coefficient (Wildman–Crippen LogP) is 3.05. The molecule has 2 heteroatoms. The number of nitrogens with two attached hydrogens (primary N) is 1. The van der Waals surface area contributed by atoms with Crippen LogP contribution in [0.15, 0.2) is 37.4 Å². The zero-order chi connectivity index (χ0) is 11.5. The van der Waals surface area contributed by atoms with Crippen LogP contribution in [0, 0.1) is 0 Å². The van der Waals surface area contributed by atoms with Gasteiger partial charge in [0, 0.05) is 18.0 Å². The van der Waals surface area contributed by atoms with Crippen molar-refractivity contribution in [1.29, 1.82) is 0 Å². The van der Waals surface area contributed by atoms with Crippen LogP contribution >= 0.6 is 0 Å². The lowest BCUT2D eigenvalue weighted by Gasteiger charge is -2.35. The number of para-hydroxylation sites is 1. The van der Waals surface area contributed by atoms with Gasteiger partial charge in [0.15, 0.2) is 0 Å². The summed E-state index contributed by atoms with van der Waals surface area (Å²) in [5, 5.41) is 0. The van der Waals surface area contributed by atoms with Gasteiger partial charge in [-0.3, -0.25) is 0 Å². The lowest BCUT2D eigenvalue weighted by Crippen LogP contribution is -2.37. The molecule has 0 aromatic heterocycles. The average Bonchev–Trinajstić information content (AvgIpc) is 2.19. The lowest BCUT2D eigenvalue weighted by molar-refractivity contribution is 0.0729. The highest BCUT2D eigenvalue weighted by Gasteiger charge is 2.31. The van der Waals surface area contributed by atoms with Crippen molar-refractivity contribution in [3.8, 4) is 5.75 Å². The maximum Gasteiger partial charge on any atom is 0.124 e. The standard InChI is InChI=1S/C11H15NO.C2H4/c1-11(2)7-9(12)8-5-3-4-6-10(8)13-11;1-2/h3-6,9H,7,12H2,1-2H3;1-2H2/t9-;/m0./s1. The molecule has 2 N–H and O–H groups in total. The first kappa shape index (κ1) is 11.8. The maximum absolute atomic E-state index is 6.04. The molecule has 0 unspecified atom stereocenters. The Labute approximate surface area is 91.7 Å². The Hall–Kier alpha value is -1.28. The number of hydrogen-bond donors (Lipinski definition) is 1. The number of fused-ring (bicyclic) bond motifs is 1. The van der Waals surface area contributed by atoms with E-state index in [-0.39, 0.29) is 11.6 Å². The minimum absolute atomic E-state index is 0.111. The van der Waals surface area contributed by atoms with Crippen LogP contribution in [0.2, 0.25) is 0 Å². The van der Waals surface area contributed by atoms with Crippen LogP contribution in [0.5, 0.6) is 5.75 Å². The summed E-state index contributed by atoms with van der Waals surface area (Å²) < 4.78 is 5.81. The van der Waals surface area contributed by atoms with E-state index in [1.54, 1.807) is 0 Å². The molecule has 0 saturated heterocycles. The van der Waals surface area contributed by atoms with Crippen molar-refractivity contribution < 1.29 is 4.74 Å². The maximum atomic E-state index is 6.04. The van der Waals surface area contributed by atoms with Gasteiger partial charge < -0.3 is 10.5 Å². The highest BCUT2D eigenvalue weighted by molar-refractivity contribution is 5.38. The van der Waals surface area contributed by atoms with E-state index in [1.807, 2.05) is 24.3 Å². The van der Waals surface area contributed by atoms with Gasteiger partial charge >= 0.3 is 0 Å². The van der Waals surface area contributed by atoms with Crippen LogP contribution in [0.3, 0.4) is 0 Å². The monoisotopic (exact) mass is 205 g/mol. The molecule has 0 spiro atoms. The fraction of sp³-hybridized carbons (Fsp3) is 0.385. The smallest absolute Gasteiger partial charge is 0.124 e. The van der Waals surface area contributed by atoms with Crippen molar-refractivity contribution in [2.45, 2.75) is 31.9 Å². The summed E-state index contributed by atoms with van der Waals surface area (Å²) in [4.78, 5) is 0. The molecule has 1 aliphatic rings. The van der Waals surface area contributed by atoms with Crippen LogP contribution < -0.4 is 10.5 Å². The van der Waals surface area contributed by atoms with E-state index in [0.29, 0.717) is 0 Å². The molecule has 1 aliphatic heterocycles. The first-order valence-corrected chi connectivity index (χ1v) is 5.12. The van der Waals surface area contributed by atoms with Crippen molar-refractivity contribution >= 4 is 0 Å². The summed E-state index contributed by atoms with van der Waals surface area (Å²) in [5.41, 5.74) is 7.04. The van der Waals surface area contributed by atoms with E-state index < -0.39 is 0 Å². The van der Waals surface area contributed by atoms with E-state index in [0.717, 1.165) is 17.7 Å². The third-order valence-corrected chi connectivity index (χ3v) is 2.42. The summed E-state index contributed by atoms with van der Waals surface area (Å²) in [7, 11) is 0. The second kappa shape index (κ2) is 4.49.